The van der Waals surface area contributed by atoms with Gasteiger partial charge < -0.3 is 19.3 Å². The van der Waals surface area contributed by atoms with Crippen molar-refractivity contribution in [2.75, 3.05) is 39.9 Å². The largest absolute Gasteiger partial charge is 0.493 e. The second-order valence-electron chi connectivity index (χ2n) is 7.54. The van der Waals surface area contributed by atoms with Crippen molar-refractivity contribution in [1.82, 2.24) is 9.80 Å². The molecule has 0 radical (unpaired) electrons. The molecular weight excluding hydrogens is 344 g/mol. The quantitative estimate of drug-likeness (QED) is 0.744. The van der Waals surface area contributed by atoms with Gasteiger partial charge in [0, 0.05) is 37.7 Å². The van der Waals surface area contributed by atoms with Crippen molar-refractivity contribution in [3.8, 4) is 11.5 Å². The Labute approximate surface area is 161 Å². The standard InChI is InChI=1S/C21H30N2O4/c1-6-27-18-15-16(7-9-17(18)26-5)8-10-19(24)22-11-13-23(14-12-22)20(25)21(2,3)4/h7-10,15H,6,11-14H2,1-5H3/b10-8+. The third kappa shape index (κ3) is 5.49. The Balaban J connectivity index is 1.96. The van der Waals surface area contributed by atoms with Gasteiger partial charge in [-0.3, -0.25) is 9.59 Å². The molecule has 0 aliphatic carbocycles. The molecule has 1 aromatic carbocycles. The molecule has 1 aromatic rings. The van der Waals surface area contributed by atoms with Crippen molar-refractivity contribution in [2.24, 2.45) is 5.41 Å². The van der Waals surface area contributed by atoms with Crippen LogP contribution in [-0.2, 0) is 9.59 Å². The summed E-state index contributed by atoms with van der Waals surface area (Å²) in [5, 5.41) is 0. The third-order valence-corrected chi connectivity index (χ3v) is 4.43. The lowest BCUT2D eigenvalue weighted by Gasteiger charge is -2.37. The fourth-order valence-electron chi connectivity index (χ4n) is 2.94. The second-order valence-corrected chi connectivity index (χ2v) is 7.54. The molecule has 1 heterocycles. The van der Waals surface area contributed by atoms with Crippen LogP contribution in [0.1, 0.15) is 33.3 Å². The second kappa shape index (κ2) is 8.93. The molecule has 0 saturated carbocycles. The van der Waals surface area contributed by atoms with Crippen LogP contribution in [0.4, 0.5) is 0 Å². The van der Waals surface area contributed by atoms with Gasteiger partial charge >= 0.3 is 0 Å². The van der Waals surface area contributed by atoms with Gasteiger partial charge in [-0.1, -0.05) is 26.8 Å². The van der Waals surface area contributed by atoms with E-state index in [1.807, 2.05) is 50.8 Å². The molecule has 1 aliphatic rings. The Kier molecular flexibility index (Phi) is 6.88. The van der Waals surface area contributed by atoms with Gasteiger partial charge in [-0.2, -0.15) is 0 Å². The fourth-order valence-corrected chi connectivity index (χ4v) is 2.94. The number of carbonyl (C=O) groups excluding carboxylic acids is 2. The Morgan fingerprint density at radius 3 is 2.26 bits per heavy atom. The maximum Gasteiger partial charge on any atom is 0.246 e. The first-order valence-electron chi connectivity index (χ1n) is 9.33. The minimum atomic E-state index is -0.390. The number of hydrogen-bond acceptors (Lipinski definition) is 4. The molecule has 1 aliphatic heterocycles. The van der Waals surface area contributed by atoms with Crippen LogP contribution in [0, 0.1) is 5.41 Å². The molecule has 6 heteroatoms. The van der Waals surface area contributed by atoms with E-state index in [4.69, 9.17) is 9.47 Å². The molecule has 2 rings (SSSR count). The molecule has 0 N–H and O–H groups in total. The average molecular weight is 374 g/mol. The predicted octanol–water partition coefficient (Wildman–Crippen LogP) is 2.82. The highest BCUT2D eigenvalue weighted by Crippen LogP contribution is 2.28. The van der Waals surface area contributed by atoms with Gasteiger partial charge in [0.05, 0.1) is 13.7 Å². The number of rotatable bonds is 5. The smallest absolute Gasteiger partial charge is 0.246 e. The topological polar surface area (TPSA) is 59.1 Å². The number of hydrogen-bond donors (Lipinski definition) is 0. The molecule has 2 amide bonds. The number of piperazine rings is 1. The highest BCUT2D eigenvalue weighted by atomic mass is 16.5. The Morgan fingerprint density at radius 2 is 1.70 bits per heavy atom. The summed E-state index contributed by atoms with van der Waals surface area (Å²) in [6, 6.07) is 5.56. The first kappa shape index (κ1) is 20.8. The third-order valence-electron chi connectivity index (χ3n) is 4.43. The van der Waals surface area contributed by atoms with Crippen molar-refractivity contribution >= 4 is 17.9 Å². The van der Waals surface area contributed by atoms with Crippen molar-refractivity contribution in [3.05, 3.63) is 29.8 Å². The minimum absolute atomic E-state index is 0.0494. The molecule has 27 heavy (non-hydrogen) atoms. The van der Waals surface area contributed by atoms with E-state index in [-0.39, 0.29) is 11.8 Å². The highest BCUT2D eigenvalue weighted by molar-refractivity contribution is 5.92. The summed E-state index contributed by atoms with van der Waals surface area (Å²) in [5.41, 5.74) is 0.479. The molecular formula is C21H30N2O4. The van der Waals surface area contributed by atoms with Crippen LogP contribution < -0.4 is 9.47 Å². The first-order valence-corrected chi connectivity index (χ1v) is 9.33. The predicted molar refractivity (Wildman–Crippen MR) is 106 cm³/mol. The number of nitrogens with zero attached hydrogens (tertiary/aromatic N) is 2. The van der Waals surface area contributed by atoms with Crippen molar-refractivity contribution in [2.45, 2.75) is 27.7 Å². The summed E-state index contributed by atoms with van der Waals surface area (Å²) in [7, 11) is 1.60. The molecule has 148 valence electrons. The number of amides is 2. The maximum atomic E-state index is 12.5. The van der Waals surface area contributed by atoms with Crippen LogP contribution in [0.25, 0.3) is 6.08 Å². The molecule has 6 nitrogen and oxygen atoms in total. The summed E-state index contributed by atoms with van der Waals surface area (Å²) in [6.45, 7) is 10.5. The summed E-state index contributed by atoms with van der Waals surface area (Å²) < 4.78 is 10.8. The molecule has 0 atom stereocenters. The molecule has 0 aromatic heterocycles. The van der Waals surface area contributed by atoms with Crippen molar-refractivity contribution < 1.29 is 19.1 Å². The molecule has 0 spiro atoms. The summed E-state index contributed by atoms with van der Waals surface area (Å²) in [5.74, 6) is 1.40. The number of ether oxygens (including phenoxy) is 2. The van der Waals surface area contributed by atoms with Gasteiger partial charge in [0.15, 0.2) is 11.5 Å². The molecule has 1 saturated heterocycles. The van der Waals surface area contributed by atoms with E-state index >= 15 is 0 Å². The van der Waals surface area contributed by atoms with Crippen LogP contribution in [0.5, 0.6) is 11.5 Å². The maximum absolute atomic E-state index is 12.5. The van der Waals surface area contributed by atoms with E-state index in [1.165, 1.54) is 0 Å². The highest BCUT2D eigenvalue weighted by Gasteiger charge is 2.30. The lowest BCUT2D eigenvalue weighted by Crippen LogP contribution is -2.52. The van der Waals surface area contributed by atoms with Crippen LogP contribution in [0.3, 0.4) is 0 Å². The van der Waals surface area contributed by atoms with E-state index in [9.17, 15) is 9.59 Å². The van der Waals surface area contributed by atoms with E-state index in [2.05, 4.69) is 0 Å². The van der Waals surface area contributed by atoms with Gasteiger partial charge in [0.1, 0.15) is 0 Å². The van der Waals surface area contributed by atoms with Crippen LogP contribution in [0.2, 0.25) is 0 Å². The summed E-state index contributed by atoms with van der Waals surface area (Å²) in [6.07, 6.45) is 3.34. The van der Waals surface area contributed by atoms with Crippen LogP contribution >= 0.6 is 0 Å². The van der Waals surface area contributed by atoms with E-state index in [0.29, 0.717) is 44.3 Å². The number of carbonyl (C=O) groups is 2. The average Bonchev–Trinajstić information content (AvgIpc) is 2.65. The zero-order valence-corrected chi connectivity index (χ0v) is 16.9. The van der Waals surface area contributed by atoms with Crippen molar-refractivity contribution in [1.29, 1.82) is 0 Å². The van der Waals surface area contributed by atoms with Crippen LogP contribution in [0.15, 0.2) is 24.3 Å². The van der Waals surface area contributed by atoms with Gasteiger partial charge in [-0.25, -0.2) is 0 Å². The van der Waals surface area contributed by atoms with Gasteiger partial charge in [-0.15, -0.1) is 0 Å². The first-order chi connectivity index (χ1) is 12.8. The minimum Gasteiger partial charge on any atom is -0.493 e. The van der Waals surface area contributed by atoms with Crippen LogP contribution in [-0.4, -0.2) is 61.5 Å². The monoisotopic (exact) mass is 374 g/mol. The Hall–Kier alpha value is -2.50. The summed E-state index contributed by atoms with van der Waals surface area (Å²) in [4.78, 5) is 28.4. The lowest BCUT2D eigenvalue weighted by atomic mass is 9.94. The zero-order chi connectivity index (χ0) is 20.0. The molecule has 0 bridgehead atoms. The van der Waals surface area contributed by atoms with Crippen molar-refractivity contribution in [3.63, 3.8) is 0 Å². The van der Waals surface area contributed by atoms with Gasteiger partial charge in [0.2, 0.25) is 11.8 Å². The number of methoxy groups -OCH3 is 1. The summed E-state index contributed by atoms with van der Waals surface area (Å²) >= 11 is 0. The van der Waals surface area contributed by atoms with E-state index < -0.39 is 5.41 Å². The van der Waals surface area contributed by atoms with E-state index in [0.717, 1.165) is 5.56 Å². The lowest BCUT2D eigenvalue weighted by molar-refractivity contribution is -0.143. The molecule has 0 unspecified atom stereocenters. The zero-order valence-electron chi connectivity index (χ0n) is 16.9. The SMILES string of the molecule is CCOc1cc(/C=C/C(=O)N2CCN(C(=O)C(C)(C)C)CC2)ccc1OC. The van der Waals surface area contributed by atoms with E-state index in [1.54, 1.807) is 24.2 Å². The Bertz CT molecular complexity index is 699. The van der Waals surface area contributed by atoms with Gasteiger partial charge in [-0.05, 0) is 30.7 Å². The van der Waals surface area contributed by atoms with Gasteiger partial charge in [0.25, 0.3) is 0 Å². The number of benzene rings is 1. The fraction of sp³-hybridized carbons (Fsp3) is 0.524. The Morgan fingerprint density at radius 1 is 1.07 bits per heavy atom. The molecule has 1 fully saturated rings. The normalized spacial score (nSPS) is 15.1.